The highest BCUT2D eigenvalue weighted by Gasteiger charge is 2.17. The van der Waals surface area contributed by atoms with Gasteiger partial charge in [-0.2, -0.15) is 0 Å². The molecule has 0 radical (unpaired) electrons. The van der Waals surface area contributed by atoms with Crippen molar-refractivity contribution in [3.8, 4) is 5.75 Å². The lowest BCUT2D eigenvalue weighted by Gasteiger charge is -2.15. The van der Waals surface area contributed by atoms with E-state index in [1.54, 1.807) is 50.5 Å². The molecule has 2 aromatic carbocycles. The summed E-state index contributed by atoms with van der Waals surface area (Å²) < 4.78 is 5.92. The highest BCUT2D eigenvalue weighted by Crippen LogP contribution is 2.24. The van der Waals surface area contributed by atoms with Crippen LogP contribution in [-0.4, -0.2) is 36.9 Å². The van der Waals surface area contributed by atoms with E-state index in [0.717, 1.165) is 18.6 Å². The van der Waals surface area contributed by atoms with Crippen LogP contribution in [-0.2, 0) is 0 Å². The predicted octanol–water partition coefficient (Wildman–Crippen LogP) is 3.96. The van der Waals surface area contributed by atoms with Gasteiger partial charge in [-0.25, -0.2) is 0 Å². The molecule has 1 saturated carbocycles. The maximum atomic E-state index is 12.5. The molecule has 3 rings (SSSR count). The number of amides is 2. The number of carbonyl (C=O) groups excluding carboxylic acids is 2. The Hall–Kier alpha value is -2.82. The summed E-state index contributed by atoms with van der Waals surface area (Å²) in [6.45, 7) is 0. The number of nitrogens with zero attached hydrogens (tertiary/aromatic N) is 1. The van der Waals surface area contributed by atoms with Crippen molar-refractivity contribution in [3.05, 3.63) is 59.7 Å². The molecule has 5 nitrogen and oxygen atoms in total. The molecule has 2 amide bonds. The van der Waals surface area contributed by atoms with Crippen LogP contribution in [0, 0.1) is 0 Å². The first-order valence-electron chi connectivity index (χ1n) is 8.93. The van der Waals surface area contributed by atoms with Gasteiger partial charge in [-0.15, -0.1) is 0 Å². The maximum absolute atomic E-state index is 12.5. The van der Waals surface area contributed by atoms with E-state index in [-0.39, 0.29) is 11.8 Å². The first kappa shape index (κ1) is 18.0. The van der Waals surface area contributed by atoms with Crippen LogP contribution in [0.3, 0.4) is 0 Å². The molecule has 0 unspecified atom stereocenters. The molecule has 0 aromatic heterocycles. The normalized spacial score (nSPS) is 14.1. The van der Waals surface area contributed by atoms with Gasteiger partial charge in [0, 0.05) is 19.7 Å². The van der Waals surface area contributed by atoms with Crippen molar-refractivity contribution in [2.24, 2.45) is 0 Å². The molecule has 26 heavy (non-hydrogen) atoms. The summed E-state index contributed by atoms with van der Waals surface area (Å²) in [4.78, 5) is 26.3. The van der Waals surface area contributed by atoms with Crippen LogP contribution < -0.4 is 10.1 Å². The van der Waals surface area contributed by atoms with Crippen molar-refractivity contribution >= 4 is 17.5 Å². The van der Waals surface area contributed by atoms with Gasteiger partial charge in [0.1, 0.15) is 5.75 Å². The van der Waals surface area contributed by atoms with E-state index in [4.69, 9.17) is 4.74 Å². The van der Waals surface area contributed by atoms with Crippen molar-refractivity contribution in [1.29, 1.82) is 0 Å². The molecule has 1 N–H and O–H groups in total. The van der Waals surface area contributed by atoms with Crippen LogP contribution in [0.25, 0.3) is 0 Å². The second kappa shape index (κ2) is 8.04. The zero-order valence-corrected chi connectivity index (χ0v) is 15.2. The number of rotatable bonds is 5. The average molecular weight is 352 g/mol. The minimum Gasteiger partial charge on any atom is -0.490 e. The van der Waals surface area contributed by atoms with Crippen molar-refractivity contribution < 1.29 is 14.3 Å². The van der Waals surface area contributed by atoms with Gasteiger partial charge in [0.15, 0.2) is 0 Å². The van der Waals surface area contributed by atoms with Gasteiger partial charge < -0.3 is 15.0 Å². The van der Waals surface area contributed by atoms with E-state index in [1.807, 2.05) is 12.1 Å². The minimum atomic E-state index is -0.253. The van der Waals surface area contributed by atoms with Gasteiger partial charge in [0.05, 0.1) is 17.4 Å². The molecule has 0 spiro atoms. The number of ether oxygens (including phenoxy) is 1. The molecule has 1 fully saturated rings. The van der Waals surface area contributed by atoms with Gasteiger partial charge in [-0.3, -0.25) is 9.59 Å². The predicted molar refractivity (Wildman–Crippen MR) is 102 cm³/mol. The Bertz CT molecular complexity index is 778. The molecule has 136 valence electrons. The van der Waals surface area contributed by atoms with E-state index in [2.05, 4.69) is 5.32 Å². The first-order chi connectivity index (χ1) is 12.5. The van der Waals surface area contributed by atoms with E-state index in [1.165, 1.54) is 17.7 Å². The molecule has 0 saturated heterocycles. The summed E-state index contributed by atoms with van der Waals surface area (Å²) >= 11 is 0. The third-order valence-corrected chi connectivity index (χ3v) is 4.53. The van der Waals surface area contributed by atoms with Gasteiger partial charge in [-0.05, 0) is 62.1 Å². The monoisotopic (exact) mass is 352 g/mol. The molecule has 2 aromatic rings. The highest BCUT2D eigenvalue weighted by atomic mass is 16.5. The quantitative estimate of drug-likeness (QED) is 0.886. The first-order valence-corrected chi connectivity index (χ1v) is 8.93. The number of para-hydroxylation sites is 1. The molecule has 1 aliphatic rings. The largest absolute Gasteiger partial charge is 0.490 e. The summed E-state index contributed by atoms with van der Waals surface area (Å²) in [6.07, 6.45) is 4.92. The fraction of sp³-hybridized carbons (Fsp3) is 0.333. The van der Waals surface area contributed by atoms with Crippen LogP contribution in [0.5, 0.6) is 5.75 Å². The number of carbonyl (C=O) groups is 2. The Balaban J connectivity index is 1.69. The second-order valence-electron chi connectivity index (χ2n) is 6.75. The molecular formula is C21H24N2O3. The summed E-state index contributed by atoms with van der Waals surface area (Å²) in [5, 5.41) is 2.83. The van der Waals surface area contributed by atoms with Crippen molar-refractivity contribution in [2.45, 2.75) is 31.8 Å². The Labute approximate surface area is 154 Å². The van der Waals surface area contributed by atoms with E-state index in [0.29, 0.717) is 22.9 Å². The molecule has 1 aliphatic carbocycles. The summed E-state index contributed by atoms with van der Waals surface area (Å²) in [7, 11) is 3.37. The Morgan fingerprint density at radius 1 is 1.00 bits per heavy atom. The van der Waals surface area contributed by atoms with Gasteiger partial charge >= 0.3 is 0 Å². The highest BCUT2D eigenvalue weighted by molar-refractivity contribution is 6.08. The Morgan fingerprint density at radius 2 is 1.65 bits per heavy atom. The van der Waals surface area contributed by atoms with Crippen LogP contribution in [0.2, 0.25) is 0 Å². The van der Waals surface area contributed by atoms with Gasteiger partial charge in [0.2, 0.25) is 0 Å². The van der Waals surface area contributed by atoms with Crippen LogP contribution in [0.15, 0.2) is 48.5 Å². The average Bonchev–Trinajstić information content (AvgIpc) is 3.15. The number of benzene rings is 2. The fourth-order valence-corrected chi connectivity index (χ4v) is 3.10. The fourth-order valence-electron chi connectivity index (χ4n) is 3.10. The van der Waals surface area contributed by atoms with E-state index >= 15 is 0 Å². The Morgan fingerprint density at radius 3 is 2.31 bits per heavy atom. The lowest BCUT2D eigenvalue weighted by atomic mass is 10.1. The van der Waals surface area contributed by atoms with Crippen LogP contribution in [0.4, 0.5) is 5.69 Å². The van der Waals surface area contributed by atoms with Crippen molar-refractivity contribution in [3.63, 3.8) is 0 Å². The third kappa shape index (κ3) is 4.23. The van der Waals surface area contributed by atoms with Crippen LogP contribution >= 0.6 is 0 Å². The topological polar surface area (TPSA) is 58.6 Å². The van der Waals surface area contributed by atoms with Gasteiger partial charge in [0.25, 0.3) is 11.8 Å². The third-order valence-electron chi connectivity index (χ3n) is 4.53. The lowest BCUT2D eigenvalue weighted by molar-refractivity contribution is 0.0828. The molecule has 0 atom stereocenters. The number of nitrogens with one attached hydrogen (secondary N) is 1. The number of anilines is 1. The summed E-state index contributed by atoms with van der Waals surface area (Å²) in [6, 6.07) is 14.1. The maximum Gasteiger partial charge on any atom is 0.255 e. The smallest absolute Gasteiger partial charge is 0.255 e. The molecule has 0 heterocycles. The summed E-state index contributed by atoms with van der Waals surface area (Å²) in [5.74, 6) is 0.384. The van der Waals surface area contributed by atoms with Crippen molar-refractivity contribution in [2.75, 3.05) is 19.4 Å². The van der Waals surface area contributed by atoms with Crippen molar-refractivity contribution in [1.82, 2.24) is 4.90 Å². The SMILES string of the molecule is CN(C)C(=O)c1ccccc1NC(=O)c1ccc(OC2CCCC2)cc1. The second-order valence-corrected chi connectivity index (χ2v) is 6.75. The molecule has 0 bridgehead atoms. The van der Waals surface area contributed by atoms with Gasteiger partial charge in [-0.1, -0.05) is 12.1 Å². The standard InChI is InChI=1S/C21H24N2O3/c1-23(2)21(25)18-9-5-6-10-19(18)22-20(24)15-11-13-17(14-12-15)26-16-7-3-4-8-16/h5-6,9-14,16H,3-4,7-8H2,1-2H3,(H,22,24). The molecular weight excluding hydrogens is 328 g/mol. The molecule has 5 heteroatoms. The zero-order valence-electron chi connectivity index (χ0n) is 15.2. The summed E-state index contributed by atoms with van der Waals surface area (Å²) in [5.41, 5.74) is 1.49. The number of hydrogen-bond donors (Lipinski definition) is 1. The van der Waals surface area contributed by atoms with E-state index in [9.17, 15) is 9.59 Å². The molecule has 0 aliphatic heterocycles. The van der Waals surface area contributed by atoms with E-state index < -0.39 is 0 Å². The van der Waals surface area contributed by atoms with Crippen LogP contribution in [0.1, 0.15) is 46.4 Å². The zero-order chi connectivity index (χ0) is 18.5. The minimum absolute atomic E-state index is 0.152. The number of hydrogen-bond acceptors (Lipinski definition) is 3. The Kier molecular flexibility index (Phi) is 5.56. The lowest BCUT2D eigenvalue weighted by Crippen LogP contribution is -2.24.